The van der Waals surface area contributed by atoms with Crippen molar-refractivity contribution in [2.45, 2.75) is 13.0 Å². The standard InChI is InChI=1S/C11H15N3/c12-10-2-1-8-7-13-4-6-14-5-3-9(10)11(8)14/h1-2,13H,3-7,12H2. The van der Waals surface area contributed by atoms with Crippen LogP contribution in [0.4, 0.5) is 11.4 Å². The molecule has 74 valence electrons. The van der Waals surface area contributed by atoms with Gasteiger partial charge in [-0.15, -0.1) is 0 Å². The van der Waals surface area contributed by atoms with E-state index in [-0.39, 0.29) is 0 Å². The third kappa shape index (κ3) is 1.02. The Balaban J connectivity index is 2.20. The number of benzene rings is 1. The first-order valence-electron chi connectivity index (χ1n) is 5.22. The number of hydrogen-bond acceptors (Lipinski definition) is 3. The summed E-state index contributed by atoms with van der Waals surface area (Å²) in [6, 6.07) is 4.20. The lowest BCUT2D eigenvalue weighted by molar-refractivity contribution is 0.692. The van der Waals surface area contributed by atoms with Crippen molar-refractivity contribution in [2.24, 2.45) is 0 Å². The minimum absolute atomic E-state index is 0.966. The van der Waals surface area contributed by atoms with Crippen LogP contribution in [0.5, 0.6) is 0 Å². The quantitative estimate of drug-likeness (QED) is 0.591. The maximum atomic E-state index is 5.99. The molecule has 2 heterocycles. The molecule has 14 heavy (non-hydrogen) atoms. The van der Waals surface area contributed by atoms with Crippen LogP contribution in [-0.2, 0) is 13.0 Å². The fourth-order valence-electron chi connectivity index (χ4n) is 2.52. The van der Waals surface area contributed by atoms with E-state index in [1.807, 2.05) is 6.07 Å². The molecule has 3 N–H and O–H groups in total. The van der Waals surface area contributed by atoms with Gasteiger partial charge in [0.2, 0.25) is 0 Å². The monoisotopic (exact) mass is 189 g/mol. The fourth-order valence-corrected chi connectivity index (χ4v) is 2.52. The van der Waals surface area contributed by atoms with E-state index in [4.69, 9.17) is 5.73 Å². The van der Waals surface area contributed by atoms with Gasteiger partial charge in [-0.2, -0.15) is 0 Å². The van der Waals surface area contributed by atoms with E-state index in [1.165, 1.54) is 16.8 Å². The normalized spacial score (nSPS) is 19.3. The molecular formula is C11H15N3. The van der Waals surface area contributed by atoms with Crippen LogP contribution in [0, 0.1) is 0 Å². The van der Waals surface area contributed by atoms with Crippen molar-refractivity contribution < 1.29 is 0 Å². The van der Waals surface area contributed by atoms with Crippen molar-refractivity contribution in [1.29, 1.82) is 0 Å². The molecule has 0 saturated carbocycles. The molecule has 1 aromatic carbocycles. The Hall–Kier alpha value is -1.22. The molecule has 0 amide bonds. The van der Waals surface area contributed by atoms with Gasteiger partial charge < -0.3 is 16.0 Å². The Bertz CT molecular complexity index is 373. The molecule has 0 atom stereocenters. The van der Waals surface area contributed by atoms with Crippen LogP contribution in [-0.4, -0.2) is 19.6 Å². The molecular weight excluding hydrogens is 174 g/mol. The Kier molecular flexibility index (Phi) is 1.67. The van der Waals surface area contributed by atoms with Gasteiger partial charge in [0.05, 0.1) is 0 Å². The first-order chi connectivity index (χ1) is 6.86. The molecule has 0 aliphatic carbocycles. The summed E-state index contributed by atoms with van der Waals surface area (Å²) in [6.07, 6.45) is 1.12. The average Bonchev–Trinajstić information content (AvgIpc) is 2.51. The number of nitrogens with zero attached hydrogens (tertiary/aromatic N) is 1. The second kappa shape index (κ2) is 2.89. The summed E-state index contributed by atoms with van der Waals surface area (Å²) < 4.78 is 0. The number of nitrogens with two attached hydrogens (primary N) is 1. The molecule has 0 radical (unpaired) electrons. The molecule has 0 fully saturated rings. The summed E-state index contributed by atoms with van der Waals surface area (Å²) >= 11 is 0. The summed E-state index contributed by atoms with van der Waals surface area (Å²) in [7, 11) is 0. The lowest BCUT2D eigenvalue weighted by atomic mass is 10.1. The van der Waals surface area contributed by atoms with Crippen LogP contribution < -0.4 is 16.0 Å². The third-order valence-corrected chi connectivity index (χ3v) is 3.22. The maximum absolute atomic E-state index is 5.99. The SMILES string of the molecule is Nc1ccc2c3c1CCN3CCNC2. The summed E-state index contributed by atoms with van der Waals surface area (Å²) in [4.78, 5) is 2.46. The molecule has 0 saturated heterocycles. The summed E-state index contributed by atoms with van der Waals surface area (Å²) in [5.41, 5.74) is 11.1. The van der Waals surface area contributed by atoms with Gasteiger partial charge in [0.25, 0.3) is 0 Å². The summed E-state index contributed by atoms with van der Waals surface area (Å²) in [5.74, 6) is 0. The van der Waals surface area contributed by atoms with Gasteiger partial charge in [-0.25, -0.2) is 0 Å². The van der Waals surface area contributed by atoms with Gasteiger partial charge in [-0.1, -0.05) is 6.07 Å². The lowest BCUT2D eigenvalue weighted by Crippen LogP contribution is -2.27. The molecule has 0 unspecified atom stereocenters. The van der Waals surface area contributed by atoms with E-state index < -0.39 is 0 Å². The van der Waals surface area contributed by atoms with Gasteiger partial charge in [0.15, 0.2) is 0 Å². The largest absolute Gasteiger partial charge is 0.398 e. The van der Waals surface area contributed by atoms with Crippen molar-refractivity contribution in [3.63, 3.8) is 0 Å². The zero-order chi connectivity index (χ0) is 9.54. The molecule has 2 aliphatic rings. The number of hydrogen-bond donors (Lipinski definition) is 2. The second-order valence-electron chi connectivity index (χ2n) is 4.05. The topological polar surface area (TPSA) is 41.3 Å². The van der Waals surface area contributed by atoms with E-state index in [2.05, 4.69) is 16.3 Å². The zero-order valence-corrected chi connectivity index (χ0v) is 8.21. The Morgan fingerprint density at radius 3 is 3.14 bits per heavy atom. The number of nitrogen functional groups attached to an aromatic ring is 1. The van der Waals surface area contributed by atoms with Crippen LogP contribution in [0.2, 0.25) is 0 Å². The predicted octanol–water partition coefficient (Wildman–Crippen LogP) is 0.734. The fraction of sp³-hybridized carbons (Fsp3) is 0.455. The van der Waals surface area contributed by atoms with Gasteiger partial charge in [-0.05, 0) is 18.1 Å². The first-order valence-corrected chi connectivity index (χ1v) is 5.22. The van der Waals surface area contributed by atoms with E-state index in [1.54, 1.807) is 0 Å². The van der Waals surface area contributed by atoms with Crippen LogP contribution in [0.25, 0.3) is 0 Å². The van der Waals surface area contributed by atoms with Crippen LogP contribution in [0.3, 0.4) is 0 Å². The predicted molar refractivity (Wildman–Crippen MR) is 58.5 cm³/mol. The van der Waals surface area contributed by atoms with Gasteiger partial charge in [0.1, 0.15) is 0 Å². The molecule has 3 heteroatoms. The zero-order valence-electron chi connectivity index (χ0n) is 8.21. The second-order valence-corrected chi connectivity index (χ2v) is 4.05. The highest BCUT2D eigenvalue weighted by molar-refractivity contribution is 5.72. The average molecular weight is 189 g/mol. The van der Waals surface area contributed by atoms with E-state index >= 15 is 0 Å². The molecule has 1 aromatic rings. The highest BCUT2D eigenvalue weighted by atomic mass is 15.2. The van der Waals surface area contributed by atoms with Crippen molar-refractivity contribution in [1.82, 2.24) is 5.32 Å². The van der Waals surface area contributed by atoms with Crippen molar-refractivity contribution in [2.75, 3.05) is 30.3 Å². The number of rotatable bonds is 0. The molecule has 0 aromatic heterocycles. The molecule has 3 rings (SSSR count). The summed E-state index contributed by atoms with van der Waals surface area (Å²) in [5, 5.41) is 3.43. The van der Waals surface area contributed by atoms with Crippen LogP contribution >= 0.6 is 0 Å². The molecule has 0 spiro atoms. The maximum Gasteiger partial charge on any atom is 0.0466 e. The molecule has 2 aliphatic heterocycles. The van der Waals surface area contributed by atoms with Gasteiger partial charge in [0, 0.05) is 43.1 Å². The van der Waals surface area contributed by atoms with Crippen molar-refractivity contribution in [3.8, 4) is 0 Å². The first kappa shape index (κ1) is 8.12. The Labute approximate surface area is 83.9 Å². The molecule has 0 bridgehead atoms. The Morgan fingerprint density at radius 2 is 2.21 bits per heavy atom. The highest BCUT2D eigenvalue weighted by Crippen LogP contribution is 2.36. The molecule has 3 nitrogen and oxygen atoms in total. The van der Waals surface area contributed by atoms with Crippen molar-refractivity contribution >= 4 is 11.4 Å². The van der Waals surface area contributed by atoms with E-state index in [9.17, 15) is 0 Å². The minimum atomic E-state index is 0.966. The summed E-state index contributed by atoms with van der Waals surface area (Å²) in [6.45, 7) is 4.31. The lowest BCUT2D eigenvalue weighted by Gasteiger charge is -2.18. The van der Waals surface area contributed by atoms with Crippen molar-refractivity contribution in [3.05, 3.63) is 23.3 Å². The minimum Gasteiger partial charge on any atom is -0.398 e. The van der Waals surface area contributed by atoms with E-state index in [0.717, 1.165) is 38.3 Å². The van der Waals surface area contributed by atoms with Crippen LogP contribution in [0.15, 0.2) is 12.1 Å². The van der Waals surface area contributed by atoms with E-state index in [0.29, 0.717) is 0 Å². The van der Waals surface area contributed by atoms with Gasteiger partial charge in [-0.3, -0.25) is 0 Å². The Morgan fingerprint density at radius 1 is 1.29 bits per heavy atom. The van der Waals surface area contributed by atoms with Gasteiger partial charge >= 0.3 is 0 Å². The number of nitrogens with one attached hydrogen (secondary N) is 1. The van der Waals surface area contributed by atoms with Crippen LogP contribution in [0.1, 0.15) is 11.1 Å². The number of anilines is 2. The third-order valence-electron chi connectivity index (χ3n) is 3.22. The smallest absolute Gasteiger partial charge is 0.0466 e. The highest BCUT2D eigenvalue weighted by Gasteiger charge is 2.25.